The van der Waals surface area contributed by atoms with Crippen molar-refractivity contribution in [3.05, 3.63) is 52.8 Å². The highest BCUT2D eigenvalue weighted by atomic mass is 35.5. The lowest BCUT2D eigenvalue weighted by Crippen LogP contribution is -2.16. The lowest BCUT2D eigenvalue weighted by atomic mass is 10.2. The maximum absolute atomic E-state index is 13.5. The number of ether oxygens (including phenoxy) is 2. The lowest BCUT2D eigenvalue weighted by Gasteiger charge is -2.20. The number of hydrogen-bond acceptors (Lipinski definition) is 3. The van der Waals surface area contributed by atoms with Crippen LogP contribution in [0.5, 0.6) is 11.5 Å². The molecule has 104 valence electrons. The Morgan fingerprint density at radius 3 is 2.80 bits per heavy atom. The summed E-state index contributed by atoms with van der Waals surface area (Å²) in [6.45, 7) is 1.46. The lowest BCUT2D eigenvalue weighted by molar-refractivity contribution is 0.171. The zero-order chi connectivity index (χ0) is 13.9. The maximum Gasteiger partial charge on any atom is 0.179 e. The van der Waals surface area contributed by atoms with Crippen LogP contribution >= 0.6 is 11.6 Å². The van der Waals surface area contributed by atoms with Crippen molar-refractivity contribution >= 4 is 17.3 Å². The van der Waals surface area contributed by atoms with Gasteiger partial charge in [0.05, 0.1) is 10.7 Å². The standard InChI is InChI=1S/C15H13ClFNO2/c16-11-7-10(8-14-15(11)20-6-5-19-14)9-18-13-4-2-1-3-12(13)17/h1-4,7-8,18H,5-6,9H2. The van der Waals surface area contributed by atoms with Gasteiger partial charge >= 0.3 is 0 Å². The van der Waals surface area contributed by atoms with Crippen molar-refractivity contribution in [2.24, 2.45) is 0 Å². The Balaban J connectivity index is 1.78. The van der Waals surface area contributed by atoms with E-state index in [0.717, 1.165) is 5.56 Å². The summed E-state index contributed by atoms with van der Waals surface area (Å²) in [7, 11) is 0. The molecule has 0 amide bonds. The molecule has 1 aliphatic rings. The van der Waals surface area contributed by atoms with Gasteiger partial charge in [0, 0.05) is 6.54 Å². The predicted octanol–water partition coefficient (Wildman–Crippen LogP) is 3.86. The van der Waals surface area contributed by atoms with Crippen molar-refractivity contribution in [2.75, 3.05) is 18.5 Å². The van der Waals surface area contributed by atoms with Crippen LogP contribution in [0.3, 0.4) is 0 Å². The molecule has 0 atom stereocenters. The Hall–Kier alpha value is -1.94. The van der Waals surface area contributed by atoms with E-state index in [9.17, 15) is 4.39 Å². The second kappa shape index (κ2) is 5.59. The number of halogens is 2. The number of hydrogen-bond donors (Lipinski definition) is 1. The van der Waals surface area contributed by atoms with Gasteiger partial charge < -0.3 is 14.8 Å². The summed E-state index contributed by atoms with van der Waals surface area (Å²) >= 11 is 6.15. The van der Waals surface area contributed by atoms with Crippen LogP contribution in [0.2, 0.25) is 5.02 Å². The molecule has 0 saturated carbocycles. The highest BCUT2D eigenvalue weighted by molar-refractivity contribution is 6.32. The van der Waals surface area contributed by atoms with E-state index in [1.165, 1.54) is 6.07 Å². The Kier molecular flexibility index (Phi) is 3.65. The Morgan fingerprint density at radius 2 is 1.95 bits per heavy atom. The third-order valence-electron chi connectivity index (χ3n) is 3.01. The molecule has 3 rings (SSSR count). The molecule has 0 aromatic heterocycles. The molecular formula is C15H13ClFNO2. The van der Waals surface area contributed by atoms with Crippen molar-refractivity contribution < 1.29 is 13.9 Å². The average molecular weight is 294 g/mol. The van der Waals surface area contributed by atoms with Gasteiger partial charge in [0.15, 0.2) is 11.5 Å². The minimum atomic E-state index is -0.281. The number of anilines is 1. The van der Waals surface area contributed by atoms with Gasteiger partial charge in [0.25, 0.3) is 0 Å². The fourth-order valence-electron chi connectivity index (χ4n) is 2.07. The van der Waals surface area contributed by atoms with Crippen LogP contribution in [0.4, 0.5) is 10.1 Å². The van der Waals surface area contributed by atoms with Gasteiger partial charge in [-0.3, -0.25) is 0 Å². The molecule has 5 heteroatoms. The molecule has 0 radical (unpaired) electrons. The Morgan fingerprint density at radius 1 is 1.15 bits per heavy atom. The van der Waals surface area contributed by atoms with Gasteiger partial charge in [-0.1, -0.05) is 23.7 Å². The molecule has 1 aliphatic heterocycles. The van der Waals surface area contributed by atoms with Crippen LogP contribution in [0, 0.1) is 5.82 Å². The maximum atomic E-state index is 13.5. The van der Waals surface area contributed by atoms with Crippen LogP contribution in [0.25, 0.3) is 0 Å². The minimum Gasteiger partial charge on any atom is -0.486 e. The van der Waals surface area contributed by atoms with Gasteiger partial charge in [-0.05, 0) is 29.8 Å². The van der Waals surface area contributed by atoms with Gasteiger partial charge in [0.2, 0.25) is 0 Å². The molecule has 1 N–H and O–H groups in total. The van der Waals surface area contributed by atoms with E-state index in [1.807, 2.05) is 6.07 Å². The van der Waals surface area contributed by atoms with Crippen LogP contribution < -0.4 is 14.8 Å². The summed E-state index contributed by atoms with van der Waals surface area (Å²) < 4.78 is 24.5. The SMILES string of the molecule is Fc1ccccc1NCc1cc(Cl)c2c(c1)OCCO2. The number of rotatable bonds is 3. The monoisotopic (exact) mass is 293 g/mol. The van der Waals surface area contributed by atoms with Crippen LogP contribution in [-0.4, -0.2) is 13.2 Å². The van der Waals surface area contributed by atoms with Gasteiger partial charge in [0.1, 0.15) is 19.0 Å². The van der Waals surface area contributed by atoms with Gasteiger partial charge in [-0.15, -0.1) is 0 Å². The Bertz CT molecular complexity index is 633. The third-order valence-corrected chi connectivity index (χ3v) is 3.29. The second-order valence-corrected chi connectivity index (χ2v) is 4.84. The summed E-state index contributed by atoms with van der Waals surface area (Å²) in [4.78, 5) is 0. The van der Waals surface area contributed by atoms with E-state index in [2.05, 4.69) is 5.32 Å². The number of benzene rings is 2. The van der Waals surface area contributed by atoms with Crippen molar-refractivity contribution in [3.63, 3.8) is 0 Å². The van der Waals surface area contributed by atoms with Crippen LogP contribution in [-0.2, 0) is 6.54 Å². The zero-order valence-electron chi connectivity index (χ0n) is 10.7. The smallest absolute Gasteiger partial charge is 0.179 e. The van der Waals surface area contributed by atoms with Crippen molar-refractivity contribution in [1.29, 1.82) is 0 Å². The first-order valence-corrected chi connectivity index (χ1v) is 6.68. The molecule has 0 aliphatic carbocycles. The number of para-hydroxylation sites is 1. The first-order chi connectivity index (χ1) is 9.74. The Labute approximate surface area is 121 Å². The van der Waals surface area contributed by atoms with E-state index < -0.39 is 0 Å². The molecule has 0 saturated heterocycles. The summed E-state index contributed by atoms with van der Waals surface area (Å²) in [6, 6.07) is 10.2. The minimum absolute atomic E-state index is 0.281. The normalized spacial score (nSPS) is 13.1. The highest BCUT2D eigenvalue weighted by Gasteiger charge is 2.16. The van der Waals surface area contributed by atoms with E-state index >= 15 is 0 Å². The second-order valence-electron chi connectivity index (χ2n) is 4.44. The fraction of sp³-hybridized carbons (Fsp3) is 0.200. The van der Waals surface area contributed by atoms with Gasteiger partial charge in [-0.25, -0.2) is 4.39 Å². The molecule has 2 aromatic rings. The fourth-order valence-corrected chi connectivity index (χ4v) is 2.36. The van der Waals surface area contributed by atoms with Crippen LogP contribution in [0.15, 0.2) is 36.4 Å². The molecule has 0 spiro atoms. The molecule has 0 bridgehead atoms. The highest BCUT2D eigenvalue weighted by Crippen LogP contribution is 2.38. The molecule has 0 fully saturated rings. The molecule has 0 unspecified atom stereocenters. The predicted molar refractivity (Wildman–Crippen MR) is 76.2 cm³/mol. The number of fused-ring (bicyclic) bond motifs is 1. The van der Waals surface area contributed by atoms with Crippen molar-refractivity contribution in [2.45, 2.75) is 6.54 Å². The first-order valence-electron chi connectivity index (χ1n) is 6.30. The third kappa shape index (κ3) is 2.65. The molecular weight excluding hydrogens is 281 g/mol. The zero-order valence-corrected chi connectivity index (χ0v) is 11.4. The van der Waals surface area contributed by atoms with E-state index in [4.69, 9.17) is 21.1 Å². The number of nitrogens with one attached hydrogen (secondary N) is 1. The van der Waals surface area contributed by atoms with E-state index in [-0.39, 0.29) is 5.82 Å². The molecule has 3 nitrogen and oxygen atoms in total. The van der Waals surface area contributed by atoms with Crippen molar-refractivity contribution in [3.8, 4) is 11.5 Å². The van der Waals surface area contributed by atoms with Crippen molar-refractivity contribution in [1.82, 2.24) is 0 Å². The molecule has 2 aromatic carbocycles. The van der Waals surface area contributed by atoms with Gasteiger partial charge in [-0.2, -0.15) is 0 Å². The van der Waals surface area contributed by atoms with Crippen LogP contribution in [0.1, 0.15) is 5.56 Å². The topological polar surface area (TPSA) is 30.5 Å². The summed E-state index contributed by atoms with van der Waals surface area (Å²) in [5.74, 6) is 0.929. The largest absolute Gasteiger partial charge is 0.486 e. The molecule has 1 heterocycles. The van der Waals surface area contributed by atoms with E-state index in [0.29, 0.717) is 42.0 Å². The first kappa shape index (κ1) is 13.1. The summed E-state index contributed by atoms with van der Waals surface area (Å²) in [5.41, 5.74) is 1.36. The average Bonchev–Trinajstić information content (AvgIpc) is 2.46. The summed E-state index contributed by atoms with van der Waals surface area (Å²) in [5, 5.41) is 3.54. The molecule has 20 heavy (non-hydrogen) atoms. The summed E-state index contributed by atoms with van der Waals surface area (Å²) in [6.07, 6.45) is 0. The quantitative estimate of drug-likeness (QED) is 0.932. The van der Waals surface area contributed by atoms with E-state index in [1.54, 1.807) is 24.3 Å².